The molecule has 0 spiro atoms. The van der Waals surface area contributed by atoms with Crippen molar-refractivity contribution in [1.82, 2.24) is 29.2 Å². The van der Waals surface area contributed by atoms with Gasteiger partial charge in [0, 0.05) is 51.9 Å². The fourth-order valence-corrected chi connectivity index (χ4v) is 2.96. The van der Waals surface area contributed by atoms with Gasteiger partial charge < -0.3 is 4.74 Å². The molecule has 0 unspecified atom stereocenters. The molecule has 1 atom stereocenters. The standard InChI is InChI=1S/C16H24N6O3/c1-4-5-13-17-15(19-18-13)12-10-22(6-7-25-12)9-11-8-14(23)21(3)16(24)20(11)2/h8,12H,4-7,9-10H2,1-3H3,(H,17,18,19)/t12-/m1/s1. The van der Waals surface area contributed by atoms with Gasteiger partial charge in [0.05, 0.1) is 6.61 Å². The van der Waals surface area contributed by atoms with Crippen LogP contribution in [0.5, 0.6) is 0 Å². The minimum Gasteiger partial charge on any atom is -0.367 e. The molecule has 3 rings (SSSR count). The Bertz CT molecular complexity index is 852. The fraction of sp³-hybridized carbons (Fsp3) is 0.625. The SMILES string of the molecule is CCCc1nc([C@H]2CN(Cc3cc(=O)n(C)c(=O)n3C)CCO2)n[nH]1. The number of nitrogens with zero attached hydrogens (tertiary/aromatic N) is 5. The van der Waals surface area contributed by atoms with E-state index in [4.69, 9.17) is 4.74 Å². The molecule has 1 saturated heterocycles. The summed E-state index contributed by atoms with van der Waals surface area (Å²) in [6, 6.07) is 1.51. The Morgan fingerprint density at radius 1 is 1.32 bits per heavy atom. The number of hydrogen-bond acceptors (Lipinski definition) is 6. The van der Waals surface area contributed by atoms with E-state index >= 15 is 0 Å². The van der Waals surface area contributed by atoms with Crippen LogP contribution in [-0.4, -0.2) is 48.9 Å². The Kier molecular flexibility index (Phi) is 5.14. The maximum Gasteiger partial charge on any atom is 0.330 e. The zero-order valence-corrected chi connectivity index (χ0v) is 14.9. The molecule has 0 aromatic carbocycles. The average molecular weight is 348 g/mol. The van der Waals surface area contributed by atoms with Gasteiger partial charge in [0.15, 0.2) is 5.82 Å². The first-order valence-corrected chi connectivity index (χ1v) is 8.50. The average Bonchev–Trinajstić information content (AvgIpc) is 3.07. The van der Waals surface area contributed by atoms with Crippen molar-refractivity contribution in [2.24, 2.45) is 14.1 Å². The highest BCUT2D eigenvalue weighted by molar-refractivity contribution is 5.03. The van der Waals surface area contributed by atoms with Crippen LogP contribution in [0.2, 0.25) is 0 Å². The summed E-state index contributed by atoms with van der Waals surface area (Å²) in [5.41, 5.74) is 0.0852. The van der Waals surface area contributed by atoms with Crippen molar-refractivity contribution in [3.63, 3.8) is 0 Å². The highest BCUT2D eigenvalue weighted by Crippen LogP contribution is 2.20. The summed E-state index contributed by atoms with van der Waals surface area (Å²) in [6.45, 7) is 4.50. The van der Waals surface area contributed by atoms with Crippen molar-refractivity contribution in [3.05, 3.63) is 44.2 Å². The second-order valence-electron chi connectivity index (χ2n) is 6.36. The van der Waals surface area contributed by atoms with Gasteiger partial charge in [-0.15, -0.1) is 0 Å². The predicted molar refractivity (Wildman–Crippen MR) is 91.3 cm³/mol. The van der Waals surface area contributed by atoms with E-state index in [9.17, 15) is 9.59 Å². The minimum atomic E-state index is -0.314. The number of ether oxygens (including phenoxy) is 1. The summed E-state index contributed by atoms with van der Waals surface area (Å²) in [5.74, 6) is 1.53. The molecule has 0 radical (unpaired) electrons. The number of hydrogen-bond donors (Lipinski definition) is 1. The number of nitrogens with one attached hydrogen (secondary N) is 1. The number of rotatable bonds is 5. The number of aromatic nitrogens is 5. The van der Waals surface area contributed by atoms with Gasteiger partial charge in [-0.1, -0.05) is 6.92 Å². The second-order valence-corrected chi connectivity index (χ2v) is 6.36. The smallest absolute Gasteiger partial charge is 0.330 e. The second kappa shape index (κ2) is 7.32. The van der Waals surface area contributed by atoms with Gasteiger partial charge >= 0.3 is 5.69 Å². The molecule has 9 nitrogen and oxygen atoms in total. The molecule has 25 heavy (non-hydrogen) atoms. The van der Waals surface area contributed by atoms with E-state index in [0.717, 1.165) is 29.8 Å². The van der Waals surface area contributed by atoms with Crippen molar-refractivity contribution in [1.29, 1.82) is 0 Å². The zero-order chi connectivity index (χ0) is 18.0. The van der Waals surface area contributed by atoms with E-state index in [-0.39, 0.29) is 17.4 Å². The van der Waals surface area contributed by atoms with Crippen LogP contribution in [0.1, 0.15) is 36.8 Å². The molecule has 1 aliphatic heterocycles. The molecule has 0 aliphatic carbocycles. The Morgan fingerprint density at radius 3 is 2.88 bits per heavy atom. The van der Waals surface area contributed by atoms with Crippen molar-refractivity contribution >= 4 is 0 Å². The third kappa shape index (κ3) is 3.72. The van der Waals surface area contributed by atoms with Gasteiger partial charge in [0.2, 0.25) is 0 Å². The number of H-pyrrole nitrogens is 1. The molecule has 9 heteroatoms. The molecule has 0 amide bonds. The normalized spacial score (nSPS) is 18.6. The fourth-order valence-electron chi connectivity index (χ4n) is 2.96. The molecule has 136 valence electrons. The van der Waals surface area contributed by atoms with Gasteiger partial charge in [-0.2, -0.15) is 5.10 Å². The van der Waals surface area contributed by atoms with E-state index < -0.39 is 0 Å². The van der Waals surface area contributed by atoms with E-state index in [1.165, 1.54) is 17.7 Å². The van der Waals surface area contributed by atoms with Crippen molar-refractivity contribution in [2.75, 3.05) is 19.7 Å². The third-order valence-corrected chi connectivity index (χ3v) is 4.49. The highest BCUT2D eigenvalue weighted by Gasteiger charge is 2.26. The first kappa shape index (κ1) is 17.6. The van der Waals surface area contributed by atoms with Crippen LogP contribution in [0.15, 0.2) is 15.7 Å². The van der Waals surface area contributed by atoms with Gasteiger partial charge in [-0.05, 0) is 6.42 Å². The first-order valence-electron chi connectivity index (χ1n) is 8.50. The molecule has 2 aromatic heterocycles. The lowest BCUT2D eigenvalue weighted by Gasteiger charge is -2.31. The number of morpholine rings is 1. The number of aryl methyl sites for hydroxylation is 1. The first-order chi connectivity index (χ1) is 12.0. The van der Waals surface area contributed by atoms with E-state index in [1.54, 1.807) is 7.05 Å². The summed E-state index contributed by atoms with van der Waals surface area (Å²) in [4.78, 5) is 30.6. The maximum atomic E-state index is 12.1. The molecular formula is C16H24N6O3. The topological polar surface area (TPSA) is 98.0 Å². The largest absolute Gasteiger partial charge is 0.367 e. The zero-order valence-electron chi connectivity index (χ0n) is 14.9. The molecule has 0 bridgehead atoms. The highest BCUT2D eigenvalue weighted by atomic mass is 16.5. The minimum absolute atomic E-state index is 0.209. The number of aromatic amines is 1. The van der Waals surface area contributed by atoms with Crippen molar-refractivity contribution in [2.45, 2.75) is 32.4 Å². The Hall–Kier alpha value is -2.26. The van der Waals surface area contributed by atoms with E-state index in [1.807, 2.05) is 0 Å². The van der Waals surface area contributed by atoms with Gasteiger partial charge in [-0.25, -0.2) is 9.78 Å². The molecule has 2 aromatic rings. The Labute approximate surface area is 145 Å². The monoisotopic (exact) mass is 348 g/mol. The summed E-state index contributed by atoms with van der Waals surface area (Å²) in [7, 11) is 3.16. The lowest BCUT2D eigenvalue weighted by Crippen LogP contribution is -2.42. The van der Waals surface area contributed by atoms with Crippen LogP contribution in [0.4, 0.5) is 0 Å². The van der Waals surface area contributed by atoms with E-state index in [2.05, 4.69) is 27.0 Å². The summed E-state index contributed by atoms with van der Waals surface area (Å²) in [6.07, 6.45) is 1.65. The van der Waals surface area contributed by atoms with Crippen molar-refractivity contribution < 1.29 is 4.74 Å². The predicted octanol–water partition coefficient (Wildman–Crippen LogP) is -0.272. The Balaban J connectivity index is 1.74. The van der Waals surface area contributed by atoms with Crippen molar-refractivity contribution in [3.8, 4) is 0 Å². The van der Waals surface area contributed by atoms with Gasteiger partial charge in [0.25, 0.3) is 5.56 Å². The lowest BCUT2D eigenvalue weighted by molar-refractivity contribution is -0.0377. The summed E-state index contributed by atoms with van der Waals surface area (Å²) >= 11 is 0. The van der Waals surface area contributed by atoms with Crippen LogP contribution in [-0.2, 0) is 31.8 Å². The lowest BCUT2D eigenvalue weighted by atomic mass is 10.2. The summed E-state index contributed by atoms with van der Waals surface area (Å²) < 4.78 is 8.42. The van der Waals surface area contributed by atoms with Crippen LogP contribution < -0.4 is 11.2 Å². The summed E-state index contributed by atoms with van der Waals surface area (Å²) in [5, 5.41) is 7.21. The van der Waals surface area contributed by atoms with E-state index in [0.29, 0.717) is 31.2 Å². The molecule has 1 N–H and O–H groups in total. The van der Waals surface area contributed by atoms with Crippen LogP contribution >= 0.6 is 0 Å². The van der Waals surface area contributed by atoms with Crippen LogP contribution in [0.25, 0.3) is 0 Å². The molecule has 0 saturated carbocycles. The third-order valence-electron chi connectivity index (χ3n) is 4.49. The molecule has 1 aliphatic rings. The van der Waals surface area contributed by atoms with Crippen LogP contribution in [0.3, 0.4) is 0 Å². The maximum absolute atomic E-state index is 12.1. The quantitative estimate of drug-likeness (QED) is 0.799. The molecule has 1 fully saturated rings. The van der Waals surface area contributed by atoms with Crippen LogP contribution in [0, 0.1) is 0 Å². The Morgan fingerprint density at radius 2 is 2.12 bits per heavy atom. The molecule has 3 heterocycles. The van der Waals surface area contributed by atoms with Gasteiger partial charge in [-0.3, -0.25) is 23.9 Å². The molecular weight excluding hydrogens is 324 g/mol. The van der Waals surface area contributed by atoms with Gasteiger partial charge in [0.1, 0.15) is 11.9 Å².